The predicted octanol–water partition coefficient (Wildman–Crippen LogP) is 3.95. The first-order valence-electron chi connectivity index (χ1n) is 5.55. The zero-order valence-corrected chi connectivity index (χ0v) is 10.0. The number of halogens is 1. The first-order valence-corrected chi connectivity index (χ1v) is 5.55. The fraction of sp³-hybridized carbons (Fsp3) is 0.200. The van der Waals surface area contributed by atoms with E-state index in [4.69, 9.17) is 4.74 Å². The normalized spacial score (nSPS) is 10.5. The van der Waals surface area contributed by atoms with Gasteiger partial charge >= 0.3 is 0 Å². The maximum atomic E-state index is 12.8. The second-order valence-corrected chi connectivity index (χ2v) is 4.08. The predicted molar refractivity (Wildman–Crippen MR) is 67.3 cm³/mol. The lowest BCUT2D eigenvalue weighted by atomic mass is 10.0. The molecule has 0 amide bonds. The van der Waals surface area contributed by atoms with Crippen molar-refractivity contribution in [3.8, 4) is 11.1 Å². The van der Waals surface area contributed by atoms with Crippen LogP contribution in [-0.2, 0) is 11.3 Å². The van der Waals surface area contributed by atoms with Gasteiger partial charge in [0.2, 0.25) is 0 Å². The van der Waals surface area contributed by atoms with E-state index in [1.165, 1.54) is 23.3 Å². The zero-order chi connectivity index (χ0) is 12.3. The second kappa shape index (κ2) is 5.11. The molecule has 0 saturated heterocycles. The molecule has 0 aliphatic carbocycles. The van der Waals surface area contributed by atoms with Gasteiger partial charge in [0.15, 0.2) is 0 Å². The molecule has 2 heteroatoms. The van der Waals surface area contributed by atoms with Gasteiger partial charge in [-0.15, -0.1) is 0 Å². The Morgan fingerprint density at radius 1 is 1.00 bits per heavy atom. The van der Waals surface area contributed by atoms with E-state index in [2.05, 4.69) is 19.1 Å². The number of hydrogen-bond donors (Lipinski definition) is 0. The van der Waals surface area contributed by atoms with Crippen molar-refractivity contribution >= 4 is 0 Å². The van der Waals surface area contributed by atoms with E-state index in [1.54, 1.807) is 19.2 Å². The molecule has 0 radical (unpaired) electrons. The van der Waals surface area contributed by atoms with E-state index >= 15 is 0 Å². The summed E-state index contributed by atoms with van der Waals surface area (Å²) in [4.78, 5) is 0. The molecule has 0 aromatic heterocycles. The summed E-state index contributed by atoms with van der Waals surface area (Å²) < 4.78 is 18.0. The quantitative estimate of drug-likeness (QED) is 0.775. The van der Waals surface area contributed by atoms with Crippen LogP contribution in [0, 0.1) is 12.7 Å². The maximum Gasteiger partial charge on any atom is 0.123 e. The Kier molecular flexibility index (Phi) is 3.55. The third-order valence-corrected chi connectivity index (χ3v) is 2.82. The molecule has 0 N–H and O–H groups in total. The van der Waals surface area contributed by atoms with E-state index in [0.29, 0.717) is 6.61 Å². The van der Waals surface area contributed by atoms with E-state index in [0.717, 1.165) is 11.1 Å². The lowest BCUT2D eigenvalue weighted by Crippen LogP contribution is -1.92. The number of hydrogen-bond acceptors (Lipinski definition) is 1. The topological polar surface area (TPSA) is 9.23 Å². The van der Waals surface area contributed by atoms with Gasteiger partial charge < -0.3 is 4.74 Å². The first-order chi connectivity index (χ1) is 8.20. The van der Waals surface area contributed by atoms with Crippen LogP contribution in [0.25, 0.3) is 11.1 Å². The SMILES string of the molecule is COCc1ccc(-c2ccc(F)cc2)cc1C. The van der Waals surface area contributed by atoms with Crippen molar-refractivity contribution < 1.29 is 9.13 Å². The Hall–Kier alpha value is -1.67. The molecule has 17 heavy (non-hydrogen) atoms. The van der Waals surface area contributed by atoms with Crippen molar-refractivity contribution in [2.45, 2.75) is 13.5 Å². The van der Waals surface area contributed by atoms with E-state index in [9.17, 15) is 4.39 Å². The van der Waals surface area contributed by atoms with Crippen LogP contribution in [0.15, 0.2) is 42.5 Å². The van der Waals surface area contributed by atoms with E-state index < -0.39 is 0 Å². The molecule has 0 aliphatic heterocycles. The largest absolute Gasteiger partial charge is 0.380 e. The highest BCUT2D eigenvalue weighted by molar-refractivity contribution is 5.64. The molecule has 2 aromatic carbocycles. The summed E-state index contributed by atoms with van der Waals surface area (Å²) in [6.45, 7) is 2.68. The van der Waals surface area contributed by atoms with Crippen LogP contribution in [0.4, 0.5) is 4.39 Å². The highest BCUT2D eigenvalue weighted by Gasteiger charge is 2.02. The van der Waals surface area contributed by atoms with Gasteiger partial charge in [-0.2, -0.15) is 0 Å². The summed E-state index contributed by atoms with van der Waals surface area (Å²) in [5.74, 6) is -0.207. The number of rotatable bonds is 3. The second-order valence-electron chi connectivity index (χ2n) is 4.08. The Labute approximate surface area is 101 Å². The Bertz CT molecular complexity index is 503. The molecule has 0 heterocycles. The van der Waals surface area contributed by atoms with Crippen LogP contribution in [-0.4, -0.2) is 7.11 Å². The lowest BCUT2D eigenvalue weighted by Gasteiger charge is -2.08. The molecule has 0 unspecified atom stereocenters. The van der Waals surface area contributed by atoms with Crippen LogP contribution >= 0.6 is 0 Å². The van der Waals surface area contributed by atoms with Crippen molar-refractivity contribution in [1.82, 2.24) is 0 Å². The van der Waals surface area contributed by atoms with Crippen molar-refractivity contribution in [2.24, 2.45) is 0 Å². The highest BCUT2D eigenvalue weighted by atomic mass is 19.1. The molecule has 0 spiro atoms. The molecule has 0 atom stereocenters. The Morgan fingerprint density at radius 3 is 2.24 bits per heavy atom. The minimum atomic E-state index is -0.207. The standard InChI is InChI=1S/C15H15FO/c1-11-9-13(3-4-14(11)10-17-2)12-5-7-15(16)8-6-12/h3-9H,10H2,1-2H3. The third-order valence-electron chi connectivity index (χ3n) is 2.82. The molecular weight excluding hydrogens is 215 g/mol. The Balaban J connectivity index is 2.34. The lowest BCUT2D eigenvalue weighted by molar-refractivity contribution is 0.184. The molecule has 2 rings (SSSR count). The summed E-state index contributed by atoms with van der Waals surface area (Å²) >= 11 is 0. The minimum Gasteiger partial charge on any atom is -0.380 e. The van der Waals surface area contributed by atoms with Crippen LogP contribution < -0.4 is 0 Å². The van der Waals surface area contributed by atoms with Gasteiger partial charge in [0, 0.05) is 7.11 Å². The van der Waals surface area contributed by atoms with Crippen LogP contribution in [0.5, 0.6) is 0 Å². The van der Waals surface area contributed by atoms with Crippen LogP contribution in [0.3, 0.4) is 0 Å². The molecule has 1 nitrogen and oxygen atoms in total. The smallest absolute Gasteiger partial charge is 0.123 e. The summed E-state index contributed by atoms with van der Waals surface area (Å²) in [5.41, 5.74) is 4.49. The average molecular weight is 230 g/mol. The molecule has 2 aromatic rings. The summed E-state index contributed by atoms with van der Waals surface area (Å²) in [6.07, 6.45) is 0. The fourth-order valence-corrected chi connectivity index (χ4v) is 1.84. The number of aryl methyl sites for hydroxylation is 1. The Morgan fingerprint density at radius 2 is 1.65 bits per heavy atom. The summed E-state index contributed by atoms with van der Waals surface area (Å²) in [7, 11) is 1.69. The molecular formula is C15H15FO. The van der Waals surface area contributed by atoms with Crippen molar-refractivity contribution in [2.75, 3.05) is 7.11 Å². The van der Waals surface area contributed by atoms with Gasteiger partial charge in [-0.05, 0) is 41.3 Å². The van der Waals surface area contributed by atoms with Gasteiger partial charge in [0.05, 0.1) is 6.61 Å². The number of methoxy groups -OCH3 is 1. The summed E-state index contributed by atoms with van der Waals surface area (Å²) in [5, 5.41) is 0. The van der Waals surface area contributed by atoms with Crippen molar-refractivity contribution in [1.29, 1.82) is 0 Å². The minimum absolute atomic E-state index is 0.207. The van der Waals surface area contributed by atoms with E-state index in [-0.39, 0.29) is 5.82 Å². The van der Waals surface area contributed by atoms with E-state index in [1.807, 2.05) is 6.07 Å². The van der Waals surface area contributed by atoms with Crippen LogP contribution in [0.1, 0.15) is 11.1 Å². The average Bonchev–Trinajstić information content (AvgIpc) is 2.33. The van der Waals surface area contributed by atoms with Crippen LogP contribution in [0.2, 0.25) is 0 Å². The van der Waals surface area contributed by atoms with Crippen molar-refractivity contribution in [3.63, 3.8) is 0 Å². The van der Waals surface area contributed by atoms with Gasteiger partial charge in [0.25, 0.3) is 0 Å². The van der Waals surface area contributed by atoms with Gasteiger partial charge in [0.1, 0.15) is 5.82 Å². The highest BCUT2D eigenvalue weighted by Crippen LogP contribution is 2.22. The third kappa shape index (κ3) is 2.71. The van der Waals surface area contributed by atoms with Crippen molar-refractivity contribution in [3.05, 3.63) is 59.4 Å². The molecule has 88 valence electrons. The molecule has 0 saturated carbocycles. The fourth-order valence-electron chi connectivity index (χ4n) is 1.84. The number of benzene rings is 2. The summed E-state index contributed by atoms with van der Waals surface area (Å²) in [6, 6.07) is 12.7. The molecule has 0 fully saturated rings. The van der Waals surface area contributed by atoms with Gasteiger partial charge in [-0.25, -0.2) is 4.39 Å². The maximum absolute atomic E-state index is 12.8. The molecule has 0 bridgehead atoms. The zero-order valence-electron chi connectivity index (χ0n) is 10.0. The van der Waals surface area contributed by atoms with Gasteiger partial charge in [-0.3, -0.25) is 0 Å². The van der Waals surface area contributed by atoms with Gasteiger partial charge in [-0.1, -0.05) is 30.3 Å². The monoisotopic (exact) mass is 230 g/mol. The number of ether oxygens (including phenoxy) is 1. The first kappa shape index (κ1) is 11.8. The molecule has 0 aliphatic rings.